The molecule has 0 aromatic heterocycles. The van der Waals surface area contributed by atoms with Crippen LogP contribution < -0.4 is 10.8 Å². The Morgan fingerprint density at radius 1 is 1.35 bits per heavy atom. The largest absolute Gasteiger partial charge is 0.479 e. The minimum atomic E-state index is -1.12. The molecule has 0 radical (unpaired) electrons. The number of nitrogens with one attached hydrogen (secondary N) is 2. The van der Waals surface area contributed by atoms with Gasteiger partial charge in [0.15, 0.2) is 6.61 Å². The first-order chi connectivity index (χ1) is 8.08. The molecule has 1 aliphatic rings. The number of carboxylic acid groups (broad SMARTS) is 1. The monoisotopic (exact) mass is 244 g/mol. The Labute approximate surface area is 101 Å². The van der Waals surface area contributed by atoms with E-state index in [0.717, 1.165) is 19.3 Å². The fourth-order valence-corrected chi connectivity index (χ4v) is 2.25. The van der Waals surface area contributed by atoms with E-state index in [-0.39, 0.29) is 5.41 Å². The summed E-state index contributed by atoms with van der Waals surface area (Å²) in [7, 11) is 0. The van der Waals surface area contributed by atoms with E-state index < -0.39 is 18.6 Å². The van der Waals surface area contributed by atoms with Crippen LogP contribution in [0.1, 0.15) is 39.0 Å². The zero-order chi connectivity index (χ0) is 12.7. The lowest BCUT2D eigenvalue weighted by atomic mass is 9.83. The van der Waals surface area contributed by atoms with Crippen LogP contribution >= 0.6 is 0 Å². The topological polar surface area (TPSA) is 87.7 Å². The maximum absolute atomic E-state index is 11.3. The molecule has 2 amide bonds. The summed E-state index contributed by atoms with van der Waals surface area (Å²) in [4.78, 5) is 25.9. The Bertz CT molecular complexity index is 275. The Balaban J connectivity index is 2.20. The minimum absolute atomic E-state index is 0.212. The highest BCUT2D eigenvalue weighted by Crippen LogP contribution is 2.40. The third-order valence-electron chi connectivity index (χ3n) is 3.40. The summed E-state index contributed by atoms with van der Waals surface area (Å²) in [5.41, 5.74) is 2.26. The lowest BCUT2D eigenvalue weighted by Crippen LogP contribution is -2.42. The van der Waals surface area contributed by atoms with Crippen LogP contribution in [0, 0.1) is 5.41 Å². The lowest BCUT2D eigenvalue weighted by Gasteiger charge is -2.27. The molecule has 1 saturated carbocycles. The normalized spacial score (nSPS) is 17.7. The average molecular weight is 244 g/mol. The van der Waals surface area contributed by atoms with Gasteiger partial charge in [0.05, 0.1) is 0 Å². The zero-order valence-corrected chi connectivity index (χ0v) is 10.1. The SMILES string of the molecule is CCC1(CNC(=O)NOCC(=O)O)CCCC1. The van der Waals surface area contributed by atoms with Crippen molar-refractivity contribution < 1.29 is 19.5 Å². The molecule has 0 aromatic carbocycles. The van der Waals surface area contributed by atoms with Gasteiger partial charge in [-0.25, -0.2) is 15.1 Å². The van der Waals surface area contributed by atoms with Crippen LogP contribution in [0.2, 0.25) is 0 Å². The fourth-order valence-electron chi connectivity index (χ4n) is 2.25. The number of rotatable bonds is 6. The van der Waals surface area contributed by atoms with Gasteiger partial charge in [0.2, 0.25) is 0 Å². The van der Waals surface area contributed by atoms with Gasteiger partial charge in [-0.2, -0.15) is 0 Å². The van der Waals surface area contributed by atoms with E-state index in [9.17, 15) is 9.59 Å². The molecule has 0 atom stereocenters. The van der Waals surface area contributed by atoms with E-state index in [1.165, 1.54) is 12.8 Å². The Kier molecular flexibility index (Phi) is 5.21. The number of carbonyl (C=O) groups is 2. The second-order valence-electron chi connectivity index (χ2n) is 4.53. The highest BCUT2D eigenvalue weighted by Gasteiger charge is 2.32. The number of hydrogen-bond acceptors (Lipinski definition) is 3. The zero-order valence-electron chi connectivity index (χ0n) is 10.1. The third-order valence-corrected chi connectivity index (χ3v) is 3.40. The molecule has 0 heterocycles. The summed E-state index contributed by atoms with van der Waals surface area (Å²) in [5.74, 6) is -1.12. The molecule has 0 aliphatic heterocycles. The molecule has 0 spiro atoms. The number of hydrogen-bond donors (Lipinski definition) is 3. The number of urea groups is 1. The van der Waals surface area contributed by atoms with E-state index in [2.05, 4.69) is 17.1 Å². The van der Waals surface area contributed by atoms with Gasteiger partial charge >= 0.3 is 12.0 Å². The van der Waals surface area contributed by atoms with Gasteiger partial charge in [0.25, 0.3) is 0 Å². The van der Waals surface area contributed by atoms with Gasteiger partial charge in [-0.3, -0.25) is 4.84 Å². The van der Waals surface area contributed by atoms with Crippen LogP contribution in [0.4, 0.5) is 4.79 Å². The number of carboxylic acids is 1. The van der Waals surface area contributed by atoms with Gasteiger partial charge in [-0.1, -0.05) is 19.8 Å². The summed E-state index contributed by atoms with van der Waals surface area (Å²) in [6, 6.07) is -0.481. The van der Waals surface area contributed by atoms with E-state index >= 15 is 0 Å². The third kappa shape index (κ3) is 4.60. The minimum Gasteiger partial charge on any atom is -0.479 e. The highest BCUT2D eigenvalue weighted by molar-refractivity contribution is 5.73. The van der Waals surface area contributed by atoms with Crippen molar-refractivity contribution in [3.8, 4) is 0 Å². The second-order valence-corrected chi connectivity index (χ2v) is 4.53. The van der Waals surface area contributed by atoms with E-state index in [4.69, 9.17) is 5.11 Å². The molecule has 3 N–H and O–H groups in total. The molecule has 6 heteroatoms. The lowest BCUT2D eigenvalue weighted by molar-refractivity contribution is -0.144. The Morgan fingerprint density at radius 2 is 2.00 bits per heavy atom. The van der Waals surface area contributed by atoms with Gasteiger partial charge in [-0.15, -0.1) is 0 Å². The maximum atomic E-state index is 11.3. The van der Waals surface area contributed by atoms with E-state index in [1.54, 1.807) is 0 Å². The Hall–Kier alpha value is -1.30. The summed E-state index contributed by atoms with van der Waals surface area (Å²) >= 11 is 0. The van der Waals surface area contributed by atoms with E-state index in [0.29, 0.717) is 6.54 Å². The van der Waals surface area contributed by atoms with Crippen molar-refractivity contribution in [1.82, 2.24) is 10.8 Å². The van der Waals surface area contributed by atoms with E-state index in [1.807, 2.05) is 5.48 Å². The molecule has 98 valence electrons. The molecule has 0 aromatic rings. The Morgan fingerprint density at radius 3 is 2.53 bits per heavy atom. The van der Waals surface area contributed by atoms with Crippen LogP contribution in [-0.2, 0) is 9.63 Å². The average Bonchev–Trinajstić information content (AvgIpc) is 2.75. The number of aliphatic carboxylic acids is 1. The van der Waals surface area contributed by atoms with Crippen molar-refractivity contribution in [2.75, 3.05) is 13.2 Å². The summed E-state index contributed by atoms with van der Waals surface area (Å²) in [6.07, 6.45) is 5.75. The molecule has 0 bridgehead atoms. The van der Waals surface area contributed by atoms with Crippen LogP contribution in [-0.4, -0.2) is 30.3 Å². The smallest absolute Gasteiger partial charge is 0.338 e. The highest BCUT2D eigenvalue weighted by atomic mass is 16.7. The molecule has 1 fully saturated rings. The molecule has 0 unspecified atom stereocenters. The summed E-state index contributed by atoms with van der Waals surface area (Å²) in [6.45, 7) is 2.21. The molecular weight excluding hydrogens is 224 g/mol. The van der Waals surface area contributed by atoms with Gasteiger partial charge in [0.1, 0.15) is 0 Å². The van der Waals surface area contributed by atoms with Gasteiger partial charge in [0, 0.05) is 6.54 Å². The predicted molar refractivity (Wildman–Crippen MR) is 61.3 cm³/mol. The quantitative estimate of drug-likeness (QED) is 0.614. The molecule has 6 nitrogen and oxygen atoms in total. The molecular formula is C11H20N2O4. The van der Waals surface area contributed by atoms with Crippen molar-refractivity contribution in [1.29, 1.82) is 0 Å². The molecule has 0 saturated heterocycles. The van der Waals surface area contributed by atoms with Crippen molar-refractivity contribution in [3.05, 3.63) is 0 Å². The first kappa shape index (κ1) is 13.8. The maximum Gasteiger partial charge on any atom is 0.338 e. The van der Waals surface area contributed by atoms with Crippen molar-refractivity contribution >= 4 is 12.0 Å². The summed E-state index contributed by atoms with van der Waals surface area (Å²) < 4.78 is 0. The van der Waals surface area contributed by atoms with Gasteiger partial charge in [-0.05, 0) is 24.7 Å². The number of hydroxylamine groups is 1. The second kappa shape index (κ2) is 6.44. The van der Waals surface area contributed by atoms with Crippen LogP contribution in [0.5, 0.6) is 0 Å². The van der Waals surface area contributed by atoms with Crippen molar-refractivity contribution in [2.45, 2.75) is 39.0 Å². The van der Waals surface area contributed by atoms with Crippen LogP contribution in [0.15, 0.2) is 0 Å². The molecule has 1 aliphatic carbocycles. The first-order valence-electron chi connectivity index (χ1n) is 5.95. The fraction of sp³-hybridized carbons (Fsp3) is 0.818. The molecule has 1 rings (SSSR count). The van der Waals surface area contributed by atoms with Crippen molar-refractivity contribution in [2.24, 2.45) is 5.41 Å². The van der Waals surface area contributed by atoms with Crippen LogP contribution in [0.3, 0.4) is 0 Å². The standard InChI is InChI=1S/C11H20N2O4/c1-2-11(5-3-4-6-11)8-12-10(16)13-17-7-9(14)15/h2-8H2,1H3,(H,14,15)(H2,12,13,16). The molecule has 17 heavy (non-hydrogen) atoms. The predicted octanol–water partition coefficient (Wildman–Crippen LogP) is 1.27. The first-order valence-corrected chi connectivity index (χ1v) is 5.95. The number of carbonyl (C=O) groups excluding carboxylic acids is 1. The van der Waals surface area contributed by atoms with Crippen molar-refractivity contribution in [3.63, 3.8) is 0 Å². The van der Waals surface area contributed by atoms with Crippen LogP contribution in [0.25, 0.3) is 0 Å². The summed E-state index contributed by atoms with van der Waals surface area (Å²) in [5, 5.41) is 11.0. The van der Waals surface area contributed by atoms with Gasteiger partial charge < -0.3 is 10.4 Å². The number of amides is 2.